The Kier molecular flexibility index (Phi) is 3.87. The Hall–Kier alpha value is -2.44. The van der Waals surface area contributed by atoms with E-state index in [4.69, 9.17) is 0 Å². The Morgan fingerprint density at radius 3 is 2.85 bits per heavy atom. The van der Waals surface area contributed by atoms with Gasteiger partial charge in [-0.25, -0.2) is 9.97 Å². The van der Waals surface area contributed by atoms with Gasteiger partial charge >= 0.3 is 0 Å². The van der Waals surface area contributed by atoms with Crippen LogP contribution in [0.2, 0.25) is 0 Å². The Morgan fingerprint density at radius 1 is 1.15 bits per heavy atom. The molecule has 1 saturated heterocycles. The van der Waals surface area contributed by atoms with E-state index in [0.717, 1.165) is 68.0 Å². The Morgan fingerprint density at radius 2 is 2.00 bits per heavy atom. The van der Waals surface area contributed by atoms with Gasteiger partial charge in [0.05, 0.1) is 0 Å². The molecule has 0 atom stereocenters. The van der Waals surface area contributed by atoms with Crippen LogP contribution in [0.25, 0.3) is 0 Å². The Labute approximate surface area is 152 Å². The first kappa shape index (κ1) is 15.8. The fourth-order valence-electron chi connectivity index (χ4n) is 4.44. The van der Waals surface area contributed by atoms with E-state index in [-0.39, 0.29) is 11.9 Å². The molecule has 0 unspecified atom stereocenters. The predicted molar refractivity (Wildman–Crippen MR) is 97.3 cm³/mol. The van der Waals surface area contributed by atoms with Gasteiger partial charge in [-0.15, -0.1) is 0 Å². The van der Waals surface area contributed by atoms with Crippen molar-refractivity contribution in [3.63, 3.8) is 0 Å². The number of amides is 1. The molecule has 136 valence electrons. The molecule has 7 heteroatoms. The third kappa shape index (κ3) is 2.75. The summed E-state index contributed by atoms with van der Waals surface area (Å²) >= 11 is 0. The zero-order valence-corrected chi connectivity index (χ0v) is 14.9. The van der Waals surface area contributed by atoms with Crippen LogP contribution in [0.1, 0.15) is 65.5 Å². The van der Waals surface area contributed by atoms with Gasteiger partial charge in [0.25, 0.3) is 5.91 Å². The van der Waals surface area contributed by atoms with Crippen LogP contribution in [0.15, 0.2) is 12.4 Å². The third-order valence-electron chi connectivity index (χ3n) is 6.02. The second-order valence-corrected chi connectivity index (χ2v) is 7.72. The van der Waals surface area contributed by atoms with E-state index >= 15 is 0 Å². The van der Waals surface area contributed by atoms with Gasteiger partial charge in [0.15, 0.2) is 5.69 Å². The molecule has 2 fully saturated rings. The summed E-state index contributed by atoms with van der Waals surface area (Å²) in [6, 6.07) is 2.35. The SMILES string of the molecule is O=C(NC1CC(c2cc(N3CCCC3)ncn2)C1)c1n[nH]c2c1CCC2. The van der Waals surface area contributed by atoms with E-state index in [1.165, 1.54) is 12.8 Å². The molecule has 2 aromatic heterocycles. The summed E-state index contributed by atoms with van der Waals surface area (Å²) in [6.45, 7) is 2.18. The number of hydrogen-bond donors (Lipinski definition) is 2. The molecule has 2 aromatic rings. The molecule has 3 aliphatic rings. The molecule has 0 radical (unpaired) electrons. The number of carbonyl (C=O) groups is 1. The normalized spacial score (nSPS) is 24.4. The Balaban J connectivity index is 1.20. The van der Waals surface area contributed by atoms with Crippen molar-refractivity contribution in [3.05, 3.63) is 35.0 Å². The number of carbonyl (C=O) groups excluding carboxylic acids is 1. The molecular weight excluding hydrogens is 328 g/mol. The van der Waals surface area contributed by atoms with Gasteiger partial charge in [-0.3, -0.25) is 9.89 Å². The minimum atomic E-state index is -0.0340. The number of H-pyrrole nitrogens is 1. The van der Waals surface area contributed by atoms with Crippen molar-refractivity contribution in [2.75, 3.05) is 18.0 Å². The van der Waals surface area contributed by atoms with E-state index in [2.05, 4.69) is 36.4 Å². The number of rotatable bonds is 4. The summed E-state index contributed by atoms with van der Waals surface area (Å²) in [4.78, 5) is 23.8. The lowest BCUT2D eigenvalue weighted by Crippen LogP contribution is -2.44. The molecule has 0 spiro atoms. The van der Waals surface area contributed by atoms with Crippen LogP contribution in [-0.2, 0) is 12.8 Å². The number of nitrogens with zero attached hydrogens (tertiary/aromatic N) is 4. The summed E-state index contributed by atoms with van der Waals surface area (Å²) in [5, 5.41) is 10.4. The average molecular weight is 352 g/mol. The quantitative estimate of drug-likeness (QED) is 0.878. The fraction of sp³-hybridized carbons (Fsp3) is 0.579. The van der Waals surface area contributed by atoms with E-state index < -0.39 is 0 Å². The lowest BCUT2D eigenvalue weighted by molar-refractivity contribution is 0.0902. The van der Waals surface area contributed by atoms with Crippen molar-refractivity contribution in [2.24, 2.45) is 0 Å². The minimum Gasteiger partial charge on any atom is -0.357 e. The zero-order valence-electron chi connectivity index (χ0n) is 14.9. The van der Waals surface area contributed by atoms with E-state index in [9.17, 15) is 4.79 Å². The largest absolute Gasteiger partial charge is 0.357 e. The fourth-order valence-corrected chi connectivity index (χ4v) is 4.44. The zero-order chi connectivity index (χ0) is 17.5. The minimum absolute atomic E-state index is 0.0340. The molecule has 1 saturated carbocycles. The number of fused-ring (bicyclic) bond motifs is 1. The van der Waals surface area contributed by atoms with E-state index in [1.54, 1.807) is 6.33 Å². The third-order valence-corrected chi connectivity index (χ3v) is 6.02. The summed E-state index contributed by atoms with van der Waals surface area (Å²) < 4.78 is 0. The van der Waals surface area contributed by atoms with Crippen LogP contribution in [0.3, 0.4) is 0 Å². The van der Waals surface area contributed by atoms with Crippen LogP contribution >= 0.6 is 0 Å². The van der Waals surface area contributed by atoms with Gasteiger partial charge in [0.2, 0.25) is 0 Å². The van der Waals surface area contributed by atoms with Crippen LogP contribution in [0.4, 0.5) is 5.82 Å². The van der Waals surface area contributed by atoms with Crippen molar-refractivity contribution < 1.29 is 4.79 Å². The monoisotopic (exact) mass is 352 g/mol. The average Bonchev–Trinajstić information content (AvgIpc) is 3.35. The maximum Gasteiger partial charge on any atom is 0.272 e. The lowest BCUT2D eigenvalue weighted by Gasteiger charge is -2.35. The van der Waals surface area contributed by atoms with Crippen molar-refractivity contribution in [3.8, 4) is 0 Å². The van der Waals surface area contributed by atoms with Crippen LogP contribution in [0.5, 0.6) is 0 Å². The van der Waals surface area contributed by atoms with Crippen LogP contribution < -0.4 is 10.2 Å². The topological polar surface area (TPSA) is 86.8 Å². The van der Waals surface area contributed by atoms with Crippen molar-refractivity contribution in [2.45, 2.75) is 56.9 Å². The summed E-state index contributed by atoms with van der Waals surface area (Å²) in [7, 11) is 0. The first-order valence-electron chi connectivity index (χ1n) is 9.72. The maximum atomic E-state index is 12.5. The van der Waals surface area contributed by atoms with Gasteiger partial charge in [0, 0.05) is 48.1 Å². The number of aromatic amines is 1. The molecule has 1 aliphatic heterocycles. The molecule has 3 heterocycles. The standard InChI is InChI=1S/C19H24N6O/c26-19(18-14-4-3-5-15(14)23-24-18)22-13-8-12(9-13)16-10-17(21-11-20-16)25-6-1-2-7-25/h10-13H,1-9H2,(H,22,26)(H,23,24). The van der Waals surface area contributed by atoms with Crippen molar-refractivity contribution in [1.29, 1.82) is 0 Å². The lowest BCUT2D eigenvalue weighted by atomic mass is 9.78. The van der Waals surface area contributed by atoms with E-state index in [1.807, 2.05) is 0 Å². The molecule has 0 bridgehead atoms. The summed E-state index contributed by atoms with van der Waals surface area (Å²) in [5.74, 6) is 1.43. The van der Waals surface area contributed by atoms with Gasteiger partial charge in [-0.1, -0.05) is 0 Å². The van der Waals surface area contributed by atoms with Gasteiger partial charge < -0.3 is 10.2 Å². The molecule has 26 heavy (non-hydrogen) atoms. The molecule has 2 N–H and O–H groups in total. The highest BCUT2D eigenvalue weighted by atomic mass is 16.2. The smallest absolute Gasteiger partial charge is 0.272 e. The summed E-state index contributed by atoms with van der Waals surface area (Å²) in [6.07, 6.45) is 9.13. The maximum absolute atomic E-state index is 12.5. The highest BCUT2D eigenvalue weighted by Gasteiger charge is 2.34. The number of aryl methyl sites for hydroxylation is 1. The highest BCUT2D eigenvalue weighted by Crippen LogP contribution is 2.37. The van der Waals surface area contributed by atoms with Crippen molar-refractivity contribution in [1.82, 2.24) is 25.5 Å². The predicted octanol–water partition coefficient (Wildman–Crippen LogP) is 1.96. The van der Waals surface area contributed by atoms with Gasteiger partial charge in [-0.2, -0.15) is 5.10 Å². The second kappa shape index (κ2) is 6.37. The first-order chi connectivity index (χ1) is 12.8. The number of aromatic nitrogens is 4. The molecule has 7 nitrogen and oxygen atoms in total. The van der Waals surface area contributed by atoms with E-state index in [0.29, 0.717) is 11.6 Å². The number of nitrogens with one attached hydrogen (secondary N) is 2. The Bertz CT molecular complexity index is 819. The molecule has 2 aliphatic carbocycles. The van der Waals surface area contributed by atoms with Crippen molar-refractivity contribution >= 4 is 11.7 Å². The highest BCUT2D eigenvalue weighted by molar-refractivity contribution is 5.94. The molecular formula is C19H24N6O. The molecule has 0 aromatic carbocycles. The van der Waals surface area contributed by atoms with Gasteiger partial charge in [0.1, 0.15) is 12.1 Å². The number of hydrogen-bond acceptors (Lipinski definition) is 5. The van der Waals surface area contributed by atoms with Crippen LogP contribution in [0, 0.1) is 0 Å². The molecule has 5 rings (SSSR count). The first-order valence-corrected chi connectivity index (χ1v) is 9.72. The summed E-state index contributed by atoms with van der Waals surface area (Å²) in [5.41, 5.74) is 3.95. The van der Waals surface area contributed by atoms with Gasteiger partial charge in [-0.05, 0) is 44.9 Å². The molecule has 1 amide bonds. The second-order valence-electron chi connectivity index (χ2n) is 7.72. The van der Waals surface area contributed by atoms with Crippen LogP contribution in [-0.4, -0.2) is 45.2 Å². The number of anilines is 1.